The number of thiophene rings is 1. The zero-order valence-corrected chi connectivity index (χ0v) is 18.9. The maximum Gasteiger partial charge on any atom is 0.240 e. The third-order valence-corrected chi connectivity index (χ3v) is 6.38. The Labute approximate surface area is 199 Å². The minimum Gasteiger partial charge on any atom is -0.373 e. The van der Waals surface area contributed by atoms with Gasteiger partial charge < -0.3 is 11.1 Å². The van der Waals surface area contributed by atoms with Gasteiger partial charge in [0.15, 0.2) is 5.65 Å². The van der Waals surface area contributed by atoms with Crippen molar-refractivity contribution < 1.29 is 9.59 Å². The van der Waals surface area contributed by atoms with E-state index in [-0.39, 0.29) is 5.78 Å². The number of rotatable bonds is 8. The van der Waals surface area contributed by atoms with Crippen LogP contribution in [-0.4, -0.2) is 32.3 Å². The fraction of sp³-hybridized carbons (Fsp3) is 0.0769. The number of aromatic nitrogens is 3. The molecule has 3 aromatic heterocycles. The summed E-state index contributed by atoms with van der Waals surface area (Å²) in [5.41, 5.74) is 10.0. The van der Waals surface area contributed by atoms with Crippen molar-refractivity contribution in [3.63, 3.8) is 0 Å². The van der Waals surface area contributed by atoms with E-state index in [4.69, 9.17) is 5.73 Å². The first-order valence-corrected chi connectivity index (χ1v) is 11.6. The minimum atomic E-state index is -0.560. The van der Waals surface area contributed by atoms with E-state index in [9.17, 15) is 9.59 Å². The van der Waals surface area contributed by atoms with E-state index in [2.05, 4.69) is 15.4 Å². The maximum absolute atomic E-state index is 12.9. The van der Waals surface area contributed by atoms with Crippen LogP contribution >= 0.6 is 11.3 Å². The number of carbonyl (C=O) groups is 2. The highest BCUT2D eigenvalue weighted by molar-refractivity contribution is 7.12. The molecule has 0 aliphatic rings. The molecule has 3 N–H and O–H groups in total. The van der Waals surface area contributed by atoms with Crippen LogP contribution in [-0.2, 0) is 11.2 Å². The summed E-state index contributed by atoms with van der Waals surface area (Å²) >= 11 is 1.39. The lowest BCUT2D eigenvalue weighted by atomic mass is 10.0. The first-order valence-electron chi connectivity index (χ1n) is 10.7. The number of hydrogen-bond acceptors (Lipinski definition) is 6. The summed E-state index contributed by atoms with van der Waals surface area (Å²) in [6.07, 6.45) is 3.70. The molecule has 168 valence electrons. The lowest BCUT2D eigenvalue weighted by molar-refractivity contribution is -0.118. The number of primary amides is 1. The van der Waals surface area contributed by atoms with Gasteiger partial charge in [0, 0.05) is 23.9 Å². The Morgan fingerprint density at radius 3 is 2.65 bits per heavy atom. The number of nitrogens with two attached hydrogens (primary N) is 1. The molecule has 1 amide bonds. The molecule has 3 heterocycles. The molecule has 5 rings (SSSR count). The molecule has 0 aliphatic heterocycles. The Balaban J connectivity index is 1.45. The van der Waals surface area contributed by atoms with E-state index in [1.807, 2.05) is 72.1 Å². The third kappa shape index (κ3) is 4.31. The molecular weight excluding hydrogens is 446 g/mol. The molecule has 0 saturated heterocycles. The van der Waals surface area contributed by atoms with Gasteiger partial charge in [0.05, 0.1) is 22.3 Å². The van der Waals surface area contributed by atoms with Gasteiger partial charge in [0.1, 0.15) is 6.04 Å². The van der Waals surface area contributed by atoms with Gasteiger partial charge in [0.25, 0.3) is 0 Å². The van der Waals surface area contributed by atoms with E-state index in [1.165, 1.54) is 11.3 Å². The Bertz CT molecular complexity index is 1460. The number of benzene rings is 2. The number of nitrogens with one attached hydrogen (secondary N) is 1. The molecule has 0 radical (unpaired) electrons. The predicted octanol–water partition coefficient (Wildman–Crippen LogP) is 4.20. The molecule has 34 heavy (non-hydrogen) atoms. The number of ketones is 1. The largest absolute Gasteiger partial charge is 0.373 e. The second-order valence-corrected chi connectivity index (χ2v) is 8.75. The summed E-state index contributed by atoms with van der Waals surface area (Å²) < 4.78 is 1.66. The summed E-state index contributed by atoms with van der Waals surface area (Å²) in [5, 5.41) is 9.57. The maximum atomic E-state index is 12.9. The Kier molecular flexibility index (Phi) is 5.88. The van der Waals surface area contributed by atoms with Crippen LogP contribution in [0.2, 0.25) is 0 Å². The third-order valence-electron chi connectivity index (χ3n) is 5.52. The first kappa shape index (κ1) is 21.5. The van der Waals surface area contributed by atoms with Crippen molar-refractivity contribution >= 4 is 34.4 Å². The zero-order valence-electron chi connectivity index (χ0n) is 18.1. The molecule has 0 fully saturated rings. The van der Waals surface area contributed by atoms with Gasteiger partial charge in [-0.1, -0.05) is 48.5 Å². The smallest absolute Gasteiger partial charge is 0.240 e. The first-order chi connectivity index (χ1) is 16.6. The van der Waals surface area contributed by atoms with Gasteiger partial charge in [-0.15, -0.1) is 11.3 Å². The normalized spacial score (nSPS) is 11.9. The van der Waals surface area contributed by atoms with Gasteiger partial charge in [-0.05, 0) is 35.2 Å². The highest BCUT2D eigenvalue weighted by atomic mass is 32.1. The van der Waals surface area contributed by atoms with Gasteiger partial charge in [0.2, 0.25) is 11.7 Å². The molecule has 0 saturated carbocycles. The topological polar surface area (TPSA) is 102 Å². The van der Waals surface area contributed by atoms with E-state index < -0.39 is 11.9 Å². The zero-order chi connectivity index (χ0) is 23.5. The summed E-state index contributed by atoms with van der Waals surface area (Å²) in [5.74, 6) is -0.528. The number of fused-ring (bicyclic) bond motifs is 1. The van der Waals surface area contributed by atoms with Crippen molar-refractivity contribution in [1.29, 1.82) is 0 Å². The second-order valence-electron chi connectivity index (χ2n) is 7.80. The molecule has 0 bridgehead atoms. The van der Waals surface area contributed by atoms with Gasteiger partial charge in [-0.3, -0.25) is 9.59 Å². The monoisotopic (exact) mass is 467 g/mol. The van der Waals surface area contributed by atoms with Crippen LogP contribution in [0.3, 0.4) is 0 Å². The van der Waals surface area contributed by atoms with Crippen LogP contribution in [0.1, 0.15) is 20.8 Å². The highest BCUT2D eigenvalue weighted by Gasteiger charge is 2.19. The molecule has 0 aliphatic carbocycles. The van der Waals surface area contributed by atoms with E-state index >= 15 is 0 Å². The summed E-state index contributed by atoms with van der Waals surface area (Å²) in [4.78, 5) is 30.0. The van der Waals surface area contributed by atoms with Crippen LogP contribution in [0.15, 0.2) is 90.6 Å². The van der Waals surface area contributed by atoms with E-state index in [1.54, 1.807) is 23.0 Å². The number of amides is 1. The predicted molar refractivity (Wildman–Crippen MR) is 133 cm³/mol. The molecule has 0 unspecified atom stereocenters. The molecule has 7 nitrogen and oxygen atoms in total. The van der Waals surface area contributed by atoms with Crippen molar-refractivity contribution in [2.75, 3.05) is 5.32 Å². The number of nitrogens with zero attached hydrogens (tertiary/aromatic N) is 3. The second kappa shape index (κ2) is 9.29. The van der Waals surface area contributed by atoms with E-state index in [0.29, 0.717) is 22.5 Å². The van der Waals surface area contributed by atoms with Gasteiger partial charge in [-0.25, -0.2) is 9.50 Å². The minimum absolute atomic E-state index is 0.102. The Morgan fingerprint density at radius 2 is 1.88 bits per heavy atom. The van der Waals surface area contributed by atoms with Crippen molar-refractivity contribution in [2.24, 2.45) is 5.73 Å². The van der Waals surface area contributed by atoms with Crippen LogP contribution in [0, 0.1) is 0 Å². The van der Waals surface area contributed by atoms with Crippen molar-refractivity contribution in [2.45, 2.75) is 12.5 Å². The standard InChI is InChI=1S/C26H21N5O2S/c27-25(33)21(14-17-6-2-1-3-7-17)30-19-9-4-8-18(15-19)22-11-12-28-26-20(16-29-31(22)26)24(32)23-10-5-13-34-23/h1-13,15-16,21,30H,14H2,(H2,27,33)/t21-/m0/s1. The molecule has 8 heteroatoms. The summed E-state index contributed by atoms with van der Waals surface area (Å²) in [6, 6.07) is 22.3. The fourth-order valence-corrected chi connectivity index (χ4v) is 4.53. The van der Waals surface area contributed by atoms with Crippen LogP contribution < -0.4 is 11.1 Å². The quantitative estimate of drug-likeness (QED) is 0.333. The van der Waals surface area contributed by atoms with Crippen LogP contribution in [0.4, 0.5) is 5.69 Å². The van der Waals surface area contributed by atoms with Gasteiger partial charge >= 0.3 is 0 Å². The van der Waals surface area contributed by atoms with Crippen LogP contribution in [0.5, 0.6) is 0 Å². The number of anilines is 1. The average molecular weight is 468 g/mol. The van der Waals surface area contributed by atoms with E-state index in [0.717, 1.165) is 22.5 Å². The van der Waals surface area contributed by atoms with Crippen LogP contribution in [0.25, 0.3) is 16.9 Å². The molecule has 1 atom stereocenters. The lowest BCUT2D eigenvalue weighted by Crippen LogP contribution is -2.37. The molecule has 2 aromatic carbocycles. The molecule has 5 aromatic rings. The Morgan fingerprint density at radius 1 is 1.03 bits per heavy atom. The summed E-state index contributed by atoms with van der Waals surface area (Å²) in [7, 11) is 0. The highest BCUT2D eigenvalue weighted by Crippen LogP contribution is 2.26. The summed E-state index contributed by atoms with van der Waals surface area (Å²) in [6.45, 7) is 0. The van der Waals surface area contributed by atoms with Crippen molar-refractivity contribution in [3.05, 3.63) is 107 Å². The lowest BCUT2D eigenvalue weighted by Gasteiger charge is -2.17. The fourth-order valence-electron chi connectivity index (χ4n) is 3.85. The van der Waals surface area contributed by atoms with Crippen molar-refractivity contribution in [3.8, 4) is 11.3 Å². The SMILES string of the molecule is NC(=O)[C@H](Cc1ccccc1)Nc1cccc(-c2ccnc3c(C(=O)c4cccs4)cnn23)c1. The average Bonchev–Trinajstić information content (AvgIpc) is 3.54. The molecular formula is C26H21N5O2S. The number of hydrogen-bond donors (Lipinski definition) is 2. The van der Waals surface area contributed by atoms with Crippen molar-refractivity contribution in [1.82, 2.24) is 14.6 Å². The molecule has 0 spiro atoms. The number of carbonyl (C=O) groups excluding carboxylic acids is 2. The van der Waals surface area contributed by atoms with Gasteiger partial charge in [-0.2, -0.15) is 5.10 Å². The Hall–Kier alpha value is -4.30.